The molecule has 1 aromatic rings. The number of hydrogen-bond acceptors (Lipinski definition) is 4. The lowest BCUT2D eigenvalue weighted by atomic mass is 10.3. The summed E-state index contributed by atoms with van der Waals surface area (Å²) >= 11 is 3.23. The third-order valence-corrected chi connectivity index (χ3v) is 4.21. The van der Waals surface area contributed by atoms with Crippen molar-refractivity contribution < 1.29 is 18.3 Å². The van der Waals surface area contributed by atoms with E-state index in [1.54, 1.807) is 13.0 Å². The van der Waals surface area contributed by atoms with Gasteiger partial charge < -0.3 is 5.11 Å². The first-order valence-corrected chi connectivity index (χ1v) is 7.53. The van der Waals surface area contributed by atoms with Crippen LogP contribution in [0, 0.1) is 6.92 Å². The molecule has 106 valence electrons. The zero-order valence-corrected chi connectivity index (χ0v) is 12.8. The lowest BCUT2D eigenvalue weighted by molar-refractivity contribution is -0.137. The van der Waals surface area contributed by atoms with E-state index in [9.17, 15) is 13.2 Å². The van der Waals surface area contributed by atoms with Crippen molar-refractivity contribution in [1.82, 2.24) is 9.29 Å². The number of carboxylic acid groups (broad SMARTS) is 1. The van der Waals surface area contributed by atoms with E-state index in [2.05, 4.69) is 25.6 Å². The fourth-order valence-electron chi connectivity index (χ4n) is 1.22. The molecule has 0 saturated carbocycles. The monoisotopic (exact) mass is 351 g/mol. The van der Waals surface area contributed by atoms with Crippen molar-refractivity contribution >= 4 is 37.9 Å². The smallest absolute Gasteiger partial charge is 0.304 e. The SMILES string of the molecule is Cc1cc(Br)cnc1NS(=O)(=O)N(C)CCC(=O)O. The zero-order valence-electron chi connectivity index (χ0n) is 10.4. The summed E-state index contributed by atoms with van der Waals surface area (Å²) in [7, 11) is -2.50. The summed E-state index contributed by atoms with van der Waals surface area (Å²) < 4.78 is 27.8. The Labute approximate surface area is 120 Å². The van der Waals surface area contributed by atoms with Gasteiger partial charge >= 0.3 is 16.2 Å². The van der Waals surface area contributed by atoms with E-state index in [0.717, 1.165) is 8.78 Å². The maximum absolute atomic E-state index is 11.9. The van der Waals surface area contributed by atoms with Crippen LogP contribution in [0.25, 0.3) is 0 Å². The van der Waals surface area contributed by atoms with Crippen molar-refractivity contribution in [2.45, 2.75) is 13.3 Å². The Morgan fingerprint density at radius 3 is 2.74 bits per heavy atom. The Hall–Kier alpha value is -1.19. The van der Waals surface area contributed by atoms with Gasteiger partial charge in [-0.1, -0.05) is 0 Å². The van der Waals surface area contributed by atoms with Gasteiger partial charge in [-0.15, -0.1) is 0 Å². The number of carboxylic acids is 1. The second kappa shape index (κ2) is 6.31. The first-order chi connectivity index (χ1) is 8.72. The molecule has 7 nitrogen and oxygen atoms in total. The van der Waals surface area contributed by atoms with Gasteiger partial charge in [0.15, 0.2) is 0 Å². The van der Waals surface area contributed by atoms with E-state index in [1.165, 1.54) is 13.2 Å². The molecule has 0 aromatic carbocycles. The van der Waals surface area contributed by atoms with Gasteiger partial charge in [-0.25, -0.2) is 4.98 Å². The van der Waals surface area contributed by atoms with Gasteiger partial charge in [0, 0.05) is 24.3 Å². The van der Waals surface area contributed by atoms with Crippen molar-refractivity contribution in [2.24, 2.45) is 0 Å². The zero-order chi connectivity index (χ0) is 14.6. The molecule has 0 unspecified atom stereocenters. The Bertz CT molecular complexity index is 576. The highest BCUT2D eigenvalue weighted by molar-refractivity contribution is 9.10. The molecule has 0 aliphatic carbocycles. The van der Waals surface area contributed by atoms with E-state index in [4.69, 9.17) is 5.11 Å². The first-order valence-electron chi connectivity index (χ1n) is 5.30. The second-order valence-electron chi connectivity index (χ2n) is 3.89. The Balaban J connectivity index is 2.81. The van der Waals surface area contributed by atoms with Gasteiger partial charge in [0.2, 0.25) is 0 Å². The molecule has 0 aliphatic heterocycles. The van der Waals surface area contributed by atoms with E-state index in [1.807, 2.05) is 0 Å². The molecule has 0 aliphatic rings. The molecule has 19 heavy (non-hydrogen) atoms. The van der Waals surface area contributed by atoms with Gasteiger partial charge in [-0.3, -0.25) is 9.52 Å². The van der Waals surface area contributed by atoms with Crippen LogP contribution in [0.15, 0.2) is 16.7 Å². The molecule has 1 rings (SSSR count). The molecule has 1 aromatic heterocycles. The van der Waals surface area contributed by atoms with E-state index >= 15 is 0 Å². The fourth-order valence-corrected chi connectivity index (χ4v) is 2.61. The van der Waals surface area contributed by atoms with Crippen molar-refractivity contribution in [3.8, 4) is 0 Å². The van der Waals surface area contributed by atoms with Crippen molar-refractivity contribution in [3.63, 3.8) is 0 Å². The average molecular weight is 352 g/mol. The van der Waals surface area contributed by atoms with Crippen molar-refractivity contribution in [2.75, 3.05) is 18.3 Å². The number of aryl methyl sites for hydroxylation is 1. The Morgan fingerprint density at radius 1 is 1.58 bits per heavy atom. The molecule has 1 heterocycles. The first kappa shape index (κ1) is 15.9. The maximum Gasteiger partial charge on any atom is 0.304 e. The topological polar surface area (TPSA) is 99.6 Å². The molecule has 0 amide bonds. The summed E-state index contributed by atoms with van der Waals surface area (Å²) in [5, 5.41) is 8.53. The predicted molar refractivity (Wildman–Crippen MR) is 74.1 cm³/mol. The van der Waals surface area contributed by atoms with Gasteiger partial charge in [0.05, 0.1) is 6.42 Å². The van der Waals surface area contributed by atoms with Crippen LogP contribution < -0.4 is 4.72 Å². The third kappa shape index (κ3) is 4.77. The summed E-state index contributed by atoms with van der Waals surface area (Å²) in [5.41, 5.74) is 0.657. The molecular weight excluding hydrogens is 338 g/mol. The molecule has 0 fully saturated rings. The molecule has 0 atom stereocenters. The Morgan fingerprint density at radius 2 is 2.21 bits per heavy atom. The predicted octanol–water partition coefficient (Wildman–Crippen LogP) is 1.22. The van der Waals surface area contributed by atoms with Gasteiger partial charge in [0.25, 0.3) is 0 Å². The summed E-state index contributed by atoms with van der Waals surface area (Å²) in [4.78, 5) is 14.4. The maximum atomic E-state index is 11.9. The standard InChI is InChI=1S/C10H14BrN3O4S/c1-7-5-8(11)6-12-10(7)13-19(17,18)14(2)4-3-9(15)16/h5-6H,3-4H2,1-2H3,(H,12,13)(H,15,16). The normalized spacial score (nSPS) is 11.6. The number of aliphatic carboxylic acids is 1. The van der Waals surface area contributed by atoms with E-state index in [-0.39, 0.29) is 18.8 Å². The molecule has 0 radical (unpaired) electrons. The molecule has 2 N–H and O–H groups in total. The van der Waals surface area contributed by atoms with Gasteiger partial charge in [-0.2, -0.15) is 12.7 Å². The van der Waals surface area contributed by atoms with Gasteiger partial charge in [0.1, 0.15) is 5.82 Å². The fraction of sp³-hybridized carbons (Fsp3) is 0.400. The van der Waals surface area contributed by atoms with Crippen molar-refractivity contribution in [3.05, 3.63) is 22.3 Å². The largest absolute Gasteiger partial charge is 0.481 e. The molecule has 0 spiro atoms. The number of pyridine rings is 1. The third-order valence-electron chi connectivity index (χ3n) is 2.32. The molecular formula is C10H14BrN3O4S. The minimum absolute atomic E-state index is 0.111. The van der Waals surface area contributed by atoms with Crippen LogP contribution in [-0.4, -0.2) is 42.4 Å². The van der Waals surface area contributed by atoms with Crippen LogP contribution in [0.1, 0.15) is 12.0 Å². The number of nitrogens with one attached hydrogen (secondary N) is 1. The highest BCUT2D eigenvalue weighted by Crippen LogP contribution is 2.18. The number of hydrogen-bond donors (Lipinski definition) is 2. The van der Waals surface area contributed by atoms with E-state index in [0.29, 0.717) is 5.56 Å². The number of carbonyl (C=O) groups is 1. The van der Waals surface area contributed by atoms with Crippen LogP contribution in [0.2, 0.25) is 0 Å². The summed E-state index contributed by atoms with van der Waals surface area (Å²) in [6.07, 6.45) is 1.21. The van der Waals surface area contributed by atoms with Gasteiger partial charge in [-0.05, 0) is 34.5 Å². The lowest BCUT2D eigenvalue weighted by Gasteiger charge is -2.17. The highest BCUT2D eigenvalue weighted by atomic mass is 79.9. The van der Waals surface area contributed by atoms with E-state index < -0.39 is 16.2 Å². The summed E-state index contributed by atoms with van der Waals surface area (Å²) in [6.45, 7) is 1.60. The minimum Gasteiger partial charge on any atom is -0.481 e. The number of aromatic nitrogens is 1. The summed E-state index contributed by atoms with van der Waals surface area (Å²) in [6, 6.07) is 1.72. The highest BCUT2D eigenvalue weighted by Gasteiger charge is 2.19. The summed E-state index contributed by atoms with van der Waals surface area (Å²) in [5.74, 6) is -0.842. The molecule has 0 saturated heterocycles. The quantitative estimate of drug-likeness (QED) is 0.802. The molecule has 0 bridgehead atoms. The van der Waals surface area contributed by atoms with Crippen LogP contribution in [0.4, 0.5) is 5.82 Å². The minimum atomic E-state index is -3.80. The average Bonchev–Trinajstić information content (AvgIpc) is 2.29. The van der Waals surface area contributed by atoms with Crippen LogP contribution in [0.3, 0.4) is 0 Å². The van der Waals surface area contributed by atoms with Crippen LogP contribution >= 0.6 is 15.9 Å². The lowest BCUT2D eigenvalue weighted by Crippen LogP contribution is -2.34. The van der Waals surface area contributed by atoms with Crippen LogP contribution in [0.5, 0.6) is 0 Å². The second-order valence-corrected chi connectivity index (χ2v) is 6.58. The van der Waals surface area contributed by atoms with Crippen LogP contribution in [-0.2, 0) is 15.0 Å². The Kier molecular flexibility index (Phi) is 5.27. The number of rotatable bonds is 6. The number of anilines is 1. The molecule has 9 heteroatoms. The number of halogens is 1. The van der Waals surface area contributed by atoms with Crippen molar-refractivity contribution in [1.29, 1.82) is 0 Å². The number of nitrogens with zero attached hydrogens (tertiary/aromatic N) is 2.